The monoisotopic (exact) mass is 163 g/mol. The van der Waals surface area contributed by atoms with Crippen LogP contribution in [-0.2, 0) is 9.84 Å². The summed E-state index contributed by atoms with van der Waals surface area (Å²) in [5.41, 5.74) is 0. The molecular weight excluding hydrogens is 152 g/mol. The third-order valence-electron chi connectivity index (χ3n) is 1.76. The predicted octanol–water partition coefficient (Wildman–Crippen LogP) is -2.10. The number of rotatable bonds is 1. The van der Waals surface area contributed by atoms with Crippen LogP contribution in [0, 0.1) is 0 Å². The zero-order valence-electron chi connectivity index (χ0n) is 5.88. The van der Waals surface area contributed by atoms with Crippen LogP contribution in [0.3, 0.4) is 0 Å². The second-order valence-corrected chi connectivity index (χ2v) is 2.58. The van der Waals surface area contributed by atoms with E-state index in [9.17, 15) is 5.11 Å². The first-order valence-electron chi connectivity index (χ1n) is 3.41. The number of aliphatic hydroxyl groups excluding tert-OH is 3. The Labute approximate surface area is 63.8 Å². The Morgan fingerprint density at radius 2 is 2.09 bits per heavy atom. The molecule has 5 nitrogen and oxygen atoms in total. The molecule has 11 heavy (non-hydrogen) atoms. The summed E-state index contributed by atoms with van der Waals surface area (Å²) in [4.78, 5) is 0. The summed E-state index contributed by atoms with van der Waals surface area (Å²) in [5.74, 6) is 0. The van der Waals surface area contributed by atoms with Gasteiger partial charge in [0.15, 0.2) is 0 Å². The zero-order chi connectivity index (χ0) is 8.43. The molecule has 0 saturated carbocycles. The van der Waals surface area contributed by atoms with E-state index in [2.05, 4.69) is 0 Å². The van der Waals surface area contributed by atoms with Gasteiger partial charge in [0.2, 0.25) is 0 Å². The normalized spacial score (nSPS) is 45.8. The zero-order valence-corrected chi connectivity index (χ0v) is 5.88. The lowest BCUT2D eigenvalue weighted by molar-refractivity contribution is -0.211. The molecule has 1 rings (SSSR count). The van der Waals surface area contributed by atoms with Crippen LogP contribution >= 0.6 is 0 Å². The quantitative estimate of drug-likeness (QED) is 0.413. The average Bonchev–Trinajstić information content (AvgIpc) is 2.01. The van der Waals surface area contributed by atoms with Crippen molar-refractivity contribution in [2.75, 3.05) is 13.2 Å². The minimum Gasteiger partial charge on any atom is -0.394 e. The fourth-order valence-electron chi connectivity index (χ4n) is 1.02. The summed E-state index contributed by atoms with van der Waals surface area (Å²) in [5, 5.41) is 37.4. The van der Waals surface area contributed by atoms with E-state index in [-0.39, 0.29) is 6.61 Å². The van der Waals surface area contributed by atoms with E-state index in [0.717, 1.165) is 0 Å². The van der Waals surface area contributed by atoms with Crippen LogP contribution in [0.1, 0.15) is 0 Å². The van der Waals surface area contributed by atoms with Crippen molar-refractivity contribution in [3.8, 4) is 0 Å². The molecule has 3 N–H and O–H groups in total. The van der Waals surface area contributed by atoms with Gasteiger partial charge in [0, 0.05) is 0 Å². The lowest BCUT2D eigenvalue weighted by Crippen LogP contribution is -2.53. The van der Waals surface area contributed by atoms with Gasteiger partial charge in [-0.3, -0.25) is 0 Å². The Morgan fingerprint density at radius 3 is 2.64 bits per heavy atom. The molecule has 4 atom stereocenters. The molecule has 0 aromatic rings. The molecule has 0 bridgehead atoms. The summed E-state index contributed by atoms with van der Waals surface area (Å²) in [6, 6.07) is 0. The summed E-state index contributed by atoms with van der Waals surface area (Å²) in [6.07, 6.45) is -4.81. The van der Waals surface area contributed by atoms with Gasteiger partial charge < -0.3 is 20.1 Å². The number of hydrogen-bond donors (Lipinski definition) is 3. The highest BCUT2D eigenvalue weighted by Crippen LogP contribution is 2.15. The molecule has 0 aromatic heterocycles. The van der Waals surface area contributed by atoms with Gasteiger partial charge in [-0.2, -0.15) is 0 Å². The Bertz CT molecular complexity index is 126. The summed E-state index contributed by atoms with van der Waals surface area (Å²) in [7, 11) is 0. The fraction of sp³-hybridized carbons (Fsp3) is 1.00. The van der Waals surface area contributed by atoms with Crippen LogP contribution in [-0.4, -0.2) is 52.9 Å². The molecule has 5 heteroatoms. The molecule has 1 heterocycles. The van der Waals surface area contributed by atoms with Gasteiger partial charge in [-0.15, -0.1) is 0 Å². The van der Waals surface area contributed by atoms with Gasteiger partial charge in [0.1, 0.15) is 24.4 Å². The Balaban J connectivity index is 2.52. The van der Waals surface area contributed by atoms with Crippen LogP contribution in [0.15, 0.2) is 0 Å². The van der Waals surface area contributed by atoms with E-state index < -0.39 is 31.0 Å². The molecule has 0 unspecified atom stereocenters. The van der Waals surface area contributed by atoms with Crippen molar-refractivity contribution in [2.24, 2.45) is 0 Å². The molecule has 1 fully saturated rings. The maximum Gasteiger partial charge on any atom is 0.149 e. The van der Waals surface area contributed by atoms with Gasteiger partial charge >= 0.3 is 0 Å². The van der Waals surface area contributed by atoms with Crippen LogP contribution < -0.4 is 0 Å². The standard InChI is InChI=1S/C6H11O5/c7-1-4-6(10)5(9)3(8)2-11-4/h3-8,10H,1-2H2/t3-,4+,5+,6+/m0/s1. The van der Waals surface area contributed by atoms with E-state index in [1.54, 1.807) is 0 Å². The third kappa shape index (κ3) is 1.69. The number of aliphatic hydroxyl groups is 3. The van der Waals surface area contributed by atoms with Crippen molar-refractivity contribution < 1.29 is 25.2 Å². The molecule has 1 radical (unpaired) electrons. The SMILES string of the molecule is [O][C@H]1[C@H](O)[C@@H](CO)OC[C@@H]1O. The Morgan fingerprint density at radius 1 is 1.45 bits per heavy atom. The highest BCUT2D eigenvalue weighted by atomic mass is 16.5. The molecule has 1 saturated heterocycles. The van der Waals surface area contributed by atoms with E-state index in [1.165, 1.54) is 0 Å². The van der Waals surface area contributed by atoms with Crippen molar-refractivity contribution in [3.63, 3.8) is 0 Å². The highest BCUT2D eigenvalue weighted by molar-refractivity contribution is 4.85. The maximum absolute atomic E-state index is 10.9. The summed E-state index contributed by atoms with van der Waals surface area (Å²) < 4.78 is 4.77. The lowest BCUT2D eigenvalue weighted by Gasteiger charge is -2.32. The van der Waals surface area contributed by atoms with E-state index in [0.29, 0.717) is 0 Å². The lowest BCUT2D eigenvalue weighted by atomic mass is 10.0. The van der Waals surface area contributed by atoms with Crippen molar-refractivity contribution in [1.29, 1.82) is 0 Å². The topological polar surface area (TPSA) is 89.8 Å². The average molecular weight is 163 g/mol. The third-order valence-corrected chi connectivity index (χ3v) is 1.76. The maximum atomic E-state index is 10.9. The largest absolute Gasteiger partial charge is 0.394 e. The first-order chi connectivity index (χ1) is 5.16. The van der Waals surface area contributed by atoms with Gasteiger partial charge in [-0.05, 0) is 0 Å². The van der Waals surface area contributed by atoms with Crippen LogP contribution in [0.5, 0.6) is 0 Å². The molecule has 65 valence electrons. The molecule has 0 spiro atoms. The van der Waals surface area contributed by atoms with Gasteiger partial charge in [0.25, 0.3) is 0 Å². The fourth-order valence-corrected chi connectivity index (χ4v) is 1.02. The first-order valence-corrected chi connectivity index (χ1v) is 3.41. The Hall–Kier alpha value is -0.200. The van der Waals surface area contributed by atoms with Crippen molar-refractivity contribution in [2.45, 2.75) is 24.4 Å². The number of hydrogen-bond acceptors (Lipinski definition) is 4. The van der Waals surface area contributed by atoms with Gasteiger partial charge in [-0.25, -0.2) is 5.11 Å². The van der Waals surface area contributed by atoms with Gasteiger partial charge in [0.05, 0.1) is 13.2 Å². The van der Waals surface area contributed by atoms with E-state index in [4.69, 9.17) is 20.1 Å². The van der Waals surface area contributed by atoms with Crippen LogP contribution in [0.2, 0.25) is 0 Å². The van der Waals surface area contributed by atoms with Gasteiger partial charge in [-0.1, -0.05) is 0 Å². The van der Waals surface area contributed by atoms with Crippen molar-refractivity contribution in [1.82, 2.24) is 0 Å². The summed E-state index contributed by atoms with van der Waals surface area (Å²) >= 11 is 0. The molecule has 0 amide bonds. The minimum absolute atomic E-state index is 0.115. The molecule has 0 aliphatic carbocycles. The second kappa shape index (κ2) is 3.46. The molecular formula is C6H11O5. The highest BCUT2D eigenvalue weighted by Gasteiger charge is 2.38. The minimum atomic E-state index is -1.47. The smallest absolute Gasteiger partial charge is 0.149 e. The van der Waals surface area contributed by atoms with Crippen LogP contribution in [0.4, 0.5) is 0 Å². The molecule has 1 aliphatic heterocycles. The van der Waals surface area contributed by atoms with E-state index >= 15 is 0 Å². The molecule has 1 aliphatic rings. The second-order valence-electron chi connectivity index (χ2n) is 2.58. The predicted molar refractivity (Wildman–Crippen MR) is 33.3 cm³/mol. The van der Waals surface area contributed by atoms with Crippen molar-refractivity contribution >= 4 is 0 Å². The van der Waals surface area contributed by atoms with Crippen molar-refractivity contribution in [3.05, 3.63) is 0 Å². The number of ether oxygens (including phenoxy) is 1. The molecule has 0 aromatic carbocycles. The summed E-state index contributed by atoms with van der Waals surface area (Å²) in [6.45, 7) is -0.511. The van der Waals surface area contributed by atoms with E-state index in [1.807, 2.05) is 0 Å². The first kappa shape index (κ1) is 8.89. The van der Waals surface area contributed by atoms with Crippen LogP contribution in [0.25, 0.3) is 0 Å². The Kier molecular flexibility index (Phi) is 2.80.